The molecule has 1 heterocycles. The molecule has 0 saturated heterocycles. The van der Waals surface area contributed by atoms with E-state index in [1.54, 1.807) is 18.2 Å². The lowest BCUT2D eigenvalue weighted by Gasteiger charge is -2.24. The third-order valence-corrected chi connectivity index (χ3v) is 5.93. The summed E-state index contributed by atoms with van der Waals surface area (Å²) < 4.78 is 47.3. The van der Waals surface area contributed by atoms with Gasteiger partial charge in [0, 0.05) is 6.07 Å². The van der Waals surface area contributed by atoms with Crippen molar-refractivity contribution in [2.24, 2.45) is 0 Å². The minimum absolute atomic E-state index is 0.294. The summed E-state index contributed by atoms with van der Waals surface area (Å²) in [5, 5.41) is 2.83. The number of hydrogen-bond donors (Lipinski definition) is 1. The van der Waals surface area contributed by atoms with Crippen LogP contribution in [-0.2, 0) is 14.8 Å². The van der Waals surface area contributed by atoms with Gasteiger partial charge >= 0.3 is 0 Å². The molecule has 3 rings (SSSR count). The van der Waals surface area contributed by atoms with Gasteiger partial charge in [0.15, 0.2) is 23.0 Å². The zero-order valence-electron chi connectivity index (χ0n) is 17.9. The van der Waals surface area contributed by atoms with Crippen LogP contribution < -0.4 is 28.6 Å². The van der Waals surface area contributed by atoms with E-state index in [2.05, 4.69) is 5.32 Å². The molecule has 10 heteroatoms. The van der Waals surface area contributed by atoms with E-state index in [9.17, 15) is 13.2 Å². The lowest BCUT2D eigenvalue weighted by atomic mass is 10.1. The van der Waals surface area contributed by atoms with Gasteiger partial charge in [-0.1, -0.05) is 6.07 Å². The number of rotatable bonds is 8. The molecule has 1 aliphatic rings. The monoisotopic (exact) mass is 450 g/mol. The van der Waals surface area contributed by atoms with Crippen molar-refractivity contribution in [3.8, 4) is 23.0 Å². The van der Waals surface area contributed by atoms with Crippen LogP contribution in [0.1, 0.15) is 18.5 Å². The Labute approximate surface area is 181 Å². The van der Waals surface area contributed by atoms with Gasteiger partial charge in [0.25, 0.3) is 0 Å². The minimum Gasteiger partial charge on any atom is -0.493 e. The number of methoxy groups -OCH3 is 2. The van der Waals surface area contributed by atoms with Gasteiger partial charge in [-0.2, -0.15) is 0 Å². The number of amides is 1. The second-order valence-corrected chi connectivity index (χ2v) is 8.91. The van der Waals surface area contributed by atoms with Crippen molar-refractivity contribution in [3.05, 3.63) is 42.0 Å². The van der Waals surface area contributed by atoms with Gasteiger partial charge in [0.1, 0.15) is 19.8 Å². The number of carbonyl (C=O) groups excluding carboxylic acids is 1. The van der Waals surface area contributed by atoms with E-state index in [1.165, 1.54) is 20.3 Å². The maximum absolute atomic E-state index is 12.7. The number of fused-ring (bicyclic) bond motifs is 1. The molecule has 0 saturated carbocycles. The number of carbonyl (C=O) groups is 1. The summed E-state index contributed by atoms with van der Waals surface area (Å²) >= 11 is 0. The fourth-order valence-corrected chi connectivity index (χ4v) is 4.06. The van der Waals surface area contributed by atoms with Gasteiger partial charge in [-0.15, -0.1) is 0 Å². The number of sulfonamides is 1. The first-order valence-corrected chi connectivity index (χ1v) is 11.5. The van der Waals surface area contributed by atoms with Crippen molar-refractivity contribution >= 4 is 21.6 Å². The molecule has 0 bridgehead atoms. The number of nitrogens with zero attached hydrogens (tertiary/aromatic N) is 1. The van der Waals surface area contributed by atoms with E-state index in [-0.39, 0.29) is 12.6 Å². The van der Waals surface area contributed by atoms with Crippen LogP contribution in [0, 0.1) is 0 Å². The molecule has 31 heavy (non-hydrogen) atoms. The molecule has 168 valence electrons. The molecule has 1 N–H and O–H groups in total. The Morgan fingerprint density at radius 2 is 1.74 bits per heavy atom. The Hall–Kier alpha value is -3.14. The summed E-state index contributed by atoms with van der Waals surface area (Å²) in [5.74, 6) is 1.64. The van der Waals surface area contributed by atoms with E-state index >= 15 is 0 Å². The summed E-state index contributed by atoms with van der Waals surface area (Å²) in [5.41, 5.74) is 1.11. The van der Waals surface area contributed by atoms with Crippen LogP contribution in [0.2, 0.25) is 0 Å². The molecule has 1 aliphatic heterocycles. The Balaban J connectivity index is 1.76. The van der Waals surface area contributed by atoms with Crippen LogP contribution >= 0.6 is 0 Å². The molecule has 2 aromatic carbocycles. The highest BCUT2D eigenvalue weighted by Gasteiger charge is 2.24. The van der Waals surface area contributed by atoms with Crippen molar-refractivity contribution in [1.82, 2.24) is 5.32 Å². The van der Waals surface area contributed by atoms with Crippen molar-refractivity contribution in [1.29, 1.82) is 0 Å². The van der Waals surface area contributed by atoms with Crippen LogP contribution in [0.4, 0.5) is 5.69 Å². The molecule has 0 spiro atoms. The highest BCUT2D eigenvalue weighted by atomic mass is 32.2. The fourth-order valence-electron chi connectivity index (χ4n) is 3.21. The Morgan fingerprint density at radius 3 is 2.39 bits per heavy atom. The number of benzene rings is 2. The Bertz CT molecular complexity index is 1060. The second-order valence-electron chi connectivity index (χ2n) is 7.00. The van der Waals surface area contributed by atoms with Crippen molar-refractivity contribution in [2.75, 3.05) is 44.5 Å². The molecule has 0 aromatic heterocycles. The number of hydrogen-bond acceptors (Lipinski definition) is 7. The topological polar surface area (TPSA) is 103 Å². The van der Waals surface area contributed by atoms with E-state index in [0.29, 0.717) is 41.9 Å². The molecule has 9 nitrogen and oxygen atoms in total. The van der Waals surface area contributed by atoms with Gasteiger partial charge in [-0.3, -0.25) is 9.10 Å². The lowest BCUT2D eigenvalue weighted by molar-refractivity contribution is -0.120. The molecule has 0 aliphatic carbocycles. The van der Waals surface area contributed by atoms with Crippen LogP contribution in [0.5, 0.6) is 23.0 Å². The van der Waals surface area contributed by atoms with Crippen LogP contribution in [0.25, 0.3) is 0 Å². The maximum Gasteiger partial charge on any atom is 0.241 e. The van der Waals surface area contributed by atoms with Crippen molar-refractivity contribution in [2.45, 2.75) is 13.0 Å². The predicted molar refractivity (Wildman–Crippen MR) is 116 cm³/mol. The van der Waals surface area contributed by atoms with E-state index in [4.69, 9.17) is 18.9 Å². The molecule has 1 atom stereocenters. The standard InChI is InChI=1S/C21H26N2O7S/c1-14(15-5-7-18-20(11-15)30-10-9-29-18)22-21(24)13-23(31(4,25)26)16-6-8-17(27-2)19(12-16)28-3/h5-8,11-12,14H,9-10,13H2,1-4H3,(H,22,24)/t14-/m1/s1. The van der Waals surface area contributed by atoms with Gasteiger partial charge in [-0.25, -0.2) is 8.42 Å². The third kappa shape index (κ3) is 5.32. The molecular weight excluding hydrogens is 424 g/mol. The highest BCUT2D eigenvalue weighted by molar-refractivity contribution is 7.92. The first-order chi connectivity index (χ1) is 14.7. The average molecular weight is 451 g/mol. The average Bonchev–Trinajstić information content (AvgIpc) is 2.75. The quantitative estimate of drug-likeness (QED) is 0.657. The molecule has 0 unspecified atom stereocenters. The first-order valence-electron chi connectivity index (χ1n) is 9.61. The van der Waals surface area contributed by atoms with Gasteiger partial charge in [0.2, 0.25) is 15.9 Å². The van der Waals surface area contributed by atoms with Crippen molar-refractivity contribution in [3.63, 3.8) is 0 Å². The summed E-state index contributed by atoms with van der Waals surface area (Å²) in [4.78, 5) is 12.7. The van der Waals surface area contributed by atoms with Crippen LogP contribution in [0.15, 0.2) is 36.4 Å². The zero-order chi connectivity index (χ0) is 22.6. The summed E-state index contributed by atoms with van der Waals surface area (Å²) in [7, 11) is -0.793. The number of nitrogens with one attached hydrogen (secondary N) is 1. The fraction of sp³-hybridized carbons (Fsp3) is 0.381. The number of anilines is 1. The molecule has 0 radical (unpaired) electrons. The lowest BCUT2D eigenvalue weighted by Crippen LogP contribution is -2.41. The van der Waals surface area contributed by atoms with E-state index < -0.39 is 15.9 Å². The minimum atomic E-state index is -3.73. The molecule has 1 amide bonds. The van der Waals surface area contributed by atoms with Crippen molar-refractivity contribution < 1.29 is 32.2 Å². The number of ether oxygens (including phenoxy) is 4. The largest absolute Gasteiger partial charge is 0.493 e. The molecule has 0 fully saturated rings. The normalized spacial score (nSPS) is 13.8. The summed E-state index contributed by atoms with van der Waals surface area (Å²) in [6.45, 7) is 2.38. The Morgan fingerprint density at radius 1 is 1.06 bits per heavy atom. The van der Waals surface area contributed by atoms with E-state index in [1.807, 2.05) is 19.1 Å². The molecular formula is C21H26N2O7S. The smallest absolute Gasteiger partial charge is 0.241 e. The summed E-state index contributed by atoms with van der Waals surface area (Å²) in [6, 6.07) is 9.72. The third-order valence-electron chi connectivity index (χ3n) is 4.79. The van der Waals surface area contributed by atoms with Gasteiger partial charge in [-0.05, 0) is 36.8 Å². The second kappa shape index (κ2) is 9.34. The van der Waals surface area contributed by atoms with Gasteiger partial charge < -0.3 is 24.3 Å². The summed E-state index contributed by atoms with van der Waals surface area (Å²) in [6.07, 6.45) is 1.04. The maximum atomic E-state index is 12.7. The van der Waals surface area contributed by atoms with Gasteiger partial charge in [0.05, 0.1) is 32.2 Å². The SMILES string of the molecule is COc1ccc(N(CC(=O)N[C@H](C)c2ccc3c(c2)OCCO3)S(C)(=O)=O)cc1OC. The first kappa shape index (κ1) is 22.5. The highest BCUT2D eigenvalue weighted by Crippen LogP contribution is 2.33. The zero-order valence-corrected chi connectivity index (χ0v) is 18.7. The molecule has 2 aromatic rings. The predicted octanol–water partition coefficient (Wildman–Crippen LogP) is 2.12. The van der Waals surface area contributed by atoms with E-state index in [0.717, 1.165) is 16.1 Å². The van der Waals surface area contributed by atoms with Crippen LogP contribution in [0.3, 0.4) is 0 Å². The Kier molecular flexibility index (Phi) is 6.79. The van der Waals surface area contributed by atoms with Crippen LogP contribution in [-0.4, -0.2) is 54.6 Å².